The van der Waals surface area contributed by atoms with Crippen molar-refractivity contribution in [1.82, 2.24) is 4.98 Å². The van der Waals surface area contributed by atoms with Crippen LogP contribution in [0.25, 0.3) is 22.0 Å². The number of aromatic nitrogens is 1. The van der Waals surface area contributed by atoms with Gasteiger partial charge in [0.1, 0.15) is 12.4 Å². The number of carboxylic acids is 1. The topological polar surface area (TPSA) is 68.7 Å². The van der Waals surface area contributed by atoms with Gasteiger partial charge in [0, 0.05) is 11.6 Å². The lowest BCUT2D eigenvalue weighted by Gasteiger charge is -2.13. The molecule has 4 rings (SSSR count). The van der Waals surface area contributed by atoms with Crippen LogP contribution >= 0.6 is 0 Å². The number of pyridine rings is 1. The number of ether oxygens (including phenoxy) is 2. The van der Waals surface area contributed by atoms with Crippen LogP contribution in [0.15, 0.2) is 79.0 Å². The number of para-hydroxylation sites is 1. The molecule has 0 aliphatic carbocycles. The van der Waals surface area contributed by atoms with E-state index in [-0.39, 0.29) is 18.7 Å². The Morgan fingerprint density at radius 3 is 2.43 bits per heavy atom. The van der Waals surface area contributed by atoms with Gasteiger partial charge in [-0.15, -0.1) is 0 Å². The van der Waals surface area contributed by atoms with Crippen LogP contribution in [0.1, 0.15) is 23.6 Å². The molecule has 0 spiro atoms. The molecule has 5 nitrogen and oxygen atoms in total. The van der Waals surface area contributed by atoms with Gasteiger partial charge in [0.15, 0.2) is 6.10 Å². The molecule has 0 saturated heterocycles. The predicted octanol–water partition coefficient (Wildman–Crippen LogP) is 6.49. The number of aliphatic carboxylic acids is 1. The number of nitrogens with zero attached hydrogens (tertiary/aromatic N) is 1. The third kappa shape index (κ3) is 5.78. The highest BCUT2D eigenvalue weighted by Crippen LogP contribution is 2.37. The van der Waals surface area contributed by atoms with Crippen molar-refractivity contribution in [2.45, 2.75) is 32.4 Å². The molecule has 1 atom stereocenters. The number of halogens is 3. The minimum Gasteiger partial charge on any atom is -0.489 e. The third-order valence-corrected chi connectivity index (χ3v) is 5.47. The van der Waals surface area contributed by atoms with Crippen LogP contribution in [0, 0.1) is 0 Å². The molecular formula is C27H22F3NO4. The number of hydrogen-bond acceptors (Lipinski definition) is 4. The summed E-state index contributed by atoms with van der Waals surface area (Å²) in [6.45, 7) is 1.88. The first kappa shape index (κ1) is 24.2. The van der Waals surface area contributed by atoms with Crippen LogP contribution in [0.4, 0.5) is 13.2 Å². The number of fused-ring (bicyclic) bond motifs is 1. The van der Waals surface area contributed by atoms with Crippen LogP contribution in [0.3, 0.4) is 0 Å². The van der Waals surface area contributed by atoms with Crippen molar-refractivity contribution in [3.05, 3.63) is 95.7 Å². The van der Waals surface area contributed by atoms with Gasteiger partial charge in [-0.25, -0.2) is 4.79 Å². The maximum atomic E-state index is 13.4. The molecule has 3 aromatic carbocycles. The highest BCUT2D eigenvalue weighted by atomic mass is 19.4. The summed E-state index contributed by atoms with van der Waals surface area (Å²) in [5.74, 6) is -0.471. The Labute approximate surface area is 199 Å². The monoisotopic (exact) mass is 481 g/mol. The van der Waals surface area contributed by atoms with Crippen LogP contribution in [-0.2, 0) is 28.9 Å². The Morgan fingerprint density at radius 2 is 1.69 bits per heavy atom. The lowest BCUT2D eigenvalue weighted by atomic mass is 9.99. The molecule has 0 radical (unpaired) electrons. The zero-order valence-electron chi connectivity index (χ0n) is 18.8. The number of carbonyl (C=O) groups is 1. The van der Waals surface area contributed by atoms with E-state index in [0.717, 1.165) is 17.2 Å². The zero-order valence-corrected chi connectivity index (χ0v) is 18.8. The number of carboxylic acid groups (broad SMARTS) is 1. The molecule has 1 unspecified atom stereocenters. The van der Waals surface area contributed by atoms with Gasteiger partial charge in [0.2, 0.25) is 0 Å². The van der Waals surface area contributed by atoms with E-state index in [9.17, 15) is 18.0 Å². The average molecular weight is 481 g/mol. The van der Waals surface area contributed by atoms with Gasteiger partial charge in [-0.05, 0) is 53.4 Å². The first-order valence-corrected chi connectivity index (χ1v) is 10.8. The summed E-state index contributed by atoms with van der Waals surface area (Å²) in [7, 11) is 0. The fourth-order valence-electron chi connectivity index (χ4n) is 3.68. The van der Waals surface area contributed by atoms with Crippen LogP contribution in [0.5, 0.6) is 5.75 Å². The second-order valence-corrected chi connectivity index (χ2v) is 7.99. The van der Waals surface area contributed by atoms with E-state index in [1.54, 1.807) is 30.3 Å². The molecule has 1 aromatic heterocycles. The Bertz CT molecular complexity index is 1350. The fourth-order valence-corrected chi connectivity index (χ4v) is 3.68. The molecule has 180 valence electrons. The largest absolute Gasteiger partial charge is 0.489 e. The minimum absolute atomic E-state index is 0.0972. The van der Waals surface area contributed by atoms with Gasteiger partial charge in [-0.3, -0.25) is 4.98 Å². The molecule has 0 amide bonds. The highest BCUT2D eigenvalue weighted by molar-refractivity contribution is 5.96. The molecule has 0 aliphatic rings. The zero-order chi connectivity index (χ0) is 25.0. The van der Waals surface area contributed by atoms with Crippen molar-refractivity contribution in [2.75, 3.05) is 0 Å². The van der Waals surface area contributed by atoms with Gasteiger partial charge >= 0.3 is 12.1 Å². The third-order valence-electron chi connectivity index (χ3n) is 5.47. The van der Waals surface area contributed by atoms with Crippen molar-refractivity contribution in [1.29, 1.82) is 0 Å². The SMILES string of the molecule is CC(OCc1cccc(COc2cccc(-c3ccnc4c(C(F)(F)F)cccc34)c2)c1)C(=O)O. The van der Waals surface area contributed by atoms with E-state index in [2.05, 4.69) is 4.98 Å². The maximum Gasteiger partial charge on any atom is 0.418 e. The molecular weight excluding hydrogens is 459 g/mol. The summed E-state index contributed by atoms with van der Waals surface area (Å²) >= 11 is 0. The van der Waals surface area contributed by atoms with Gasteiger partial charge in [0.05, 0.1) is 17.7 Å². The van der Waals surface area contributed by atoms with E-state index in [0.29, 0.717) is 22.3 Å². The van der Waals surface area contributed by atoms with Crippen molar-refractivity contribution < 1.29 is 32.5 Å². The Balaban J connectivity index is 1.53. The van der Waals surface area contributed by atoms with Gasteiger partial charge in [-0.1, -0.05) is 48.5 Å². The lowest BCUT2D eigenvalue weighted by Crippen LogP contribution is -2.19. The first-order chi connectivity index (χ1) is 16.7. The minimum atomic E-state index is -4.50. The smallest absolute Gasteiger partial charge is 0.418 e. The highest BCUT2D eigenvalue weighted by Gasteiger charge is 2.33. The summed E-state index contributed by atoms with van der Waals surface area (Å²) in [5, 5.41) is 9.34. The maximum absolute atomic E-state index is 13.4. The number of hydrogen-bond donors (Lipinski definition) is 1. The summed E-state index contributed by atoms with van der Waals surface area (Å²) in [6, 6.07) is 20.3. The second-order valence-electron chi connectivity index (χ2n) is 7.99. The number of rotatable bonds is 8. The average Bonchev–Trinajstić information content (AvgIpc) is 2.85. The van der Waals surface area contributed by atoms with Crippen LogP contribution in [-0.4, -0.2) is 22.2 Å². The van der Waals surface area contributed by atoms with Crippen LogP contribution in [0.2, 0.25) is 0 Å². The molecule has 8 heteroatoms. The summed E-state index contributed by atoms with van der Waals surface area (Å²) in [5.41, 5.74) is 2.14. The van der Waals surface area contributed by atoms with Crippen molar-refractivity contribution in [3.63, 3.8) is 0 Å². The van der Waals surface area contributed by atoms with Crippen molar-refractivity contribution >= 4 is 16.9 Å². The van der Waals surface area contributed by atoms with E-state index < -0.39 is 23.8 Å². The second kappa shape index (κ2) is 10.1. The molecule has 1 heterocycles. The van der Waals surface area contributed by atoms with Gasteiger partial charge < -0.3 is 14.6 Å². The first-order valence-electron chi connectivity index (χ1n) is 10.8. The number of alkyl halides is 3. The normalized spacial score (nSPS) is 12.5. The van der Waals surface area contributed by atoms with Crippen LogP contribution < -0.4 is 4.74 Å². The molecule has 1 N–H and O–H groups in total. The van der Waals surface area contributed by atoms with E-state index in [1.165, 1.54) is 19.2 Å². The van der Waals surface area contributed by atoms with Gasteiger partial charge in [-0.2, -0.15) is 13.2 Å². The van der Waals surface area contributed by atoms with E-state index >= 15 is 0 Å². The molecule has 0 fully saturated rings. The summed E-state index contributed by atoms with van der Waals surface area (Å²) in [4.78, 5) is 14.9. The molecule has 0 bridgehead atoms. The Morgan fingerprint density at radius 1 is 0.971 bits per heavy atom. The molecule has 0 saturated carbocycles. The summed E-state index contributed by atoms with van der Waals surface area (Å²) in [6.07, 6.45) is -4.03. The standard InChI is InChI=1S/C27H22F3NO4/c1-17(26(32)33)34-15-18-5-2-6-19(13-18)16-35-21-8-3-7-20(14-21)22-11-12-31-25-23(22)9-4-10-24(25)27(28,29)30/h2-14,17H,15-16H2,1H3,(H,32,33). The molecule has 35 heavy (non-hydrogen) atoms. The fraction of sp³-hybridized carbons (Fsp3) is 0.185. The van der Waals surface area contributed by atoms with Crippen molar-refractivity contribution in [2.24, 2.45) is 0 Å². The predicted molar refractivity (Wildman–Crippen MR) is 125 cm³/mol. The quantitative estimate of drug-likeness (QED) is 0.312. The van der Waals surface area contributed by atoms with Gasteiger partial charge in [0.25, 0.3) is 0 Å². The van der Waals surface area contributed by atoms with E-state index in [1.807, 2.05) is 30.3 Å². The number of benzene rings is 3. The van der Waals surface area contributed by atoms with E-state index in [4.69, 9.17) is 14.6 Å². The summed E-state index contributed by atoms with van der Waals surface area (Å²) < 4.78 is 51.6. The lowest BCUT2D eigenvalue weighted by molar-refractivity contribution is -0.149. The van der Waals surface area contributed by atoms with Crippen molar-refractivity contribution in [3.8, 4) is 16.9 Å². The Hall–Kier alpha value is -3.91. The Kier molecular flexibility index (Phi) is 7.02. The molecule has 4 aromatic rings. The molecule has 0 aliphatic heterocycles.